The van der Waals surface area contributed by atoms with Crippen molar-refractivity contribution in [3.05, 3.63) is 45.9 Å². The van der Waals surface area contributed by atoms with E-state index in [0.29, 0.717) is 37.2 Å². The maximum absolute atomic E-state index is 12.5. The molecule has 1 aromatic heterocycles. The van der Waals surface area contributed by atoms with Gasteiger partial charge in [0.05, 0.1) is 16.3 Å². The van der Waals surface area contributed by atoms with Crippen molar-refractivity contribution in [3.8, 4) is 0 Å². The summed E-state index contributed by atoms with van der Waals surface area (Å²) in [7, 11) is 0. The molecule has 7 nitrogen and oxygen atoms in total. The number of carbonyl (C=O) groups excluding carboxylic acids is 3. The second-order valence-corrected chi connectivity index (χ2v) is 8.86. The fourth-order valence-electron chi connectivity index (χ4n) is 3.10. The summed E-state index contributed by atoms with van der Waals surface area (Å²) in [6.07, 6.45) is 1.09. The Kier molecular flexibility index (Phi) is 7.27. The second kappa shape index (κ2) is 9.89. The molecule has 0 atom stereocenters. The van der Waals surface area contributed by atoms with Gasteiger partial charge >= 0.3 is 5.97 Å². The van der Waals surface area contributed by atoms with E-state index in [1.807, 2.05) is 24.4 Å². The van der Waals surface area contributed by atoms with Gasteiger partial charge in [0.2, 0.25) is 5.91 Å². The van der Waals surface area contributed by atoms with Crippen molar-refractivity contribution < 1.29 is 19.1 Å². The number of hydrogen-bond acceptors (Lipinski definition) is 7. The first-order valence-electron chi connectivity index (χ1n) is 9.31. The Labute approximate surface area is 177 Å². The molecule has 9 heteroatoms. The van der Waals surface area contributed by atoms with Crippen LogP contribution < -0.4 is 5.73 Å². The summed E-state index contributed by atoms with van der Waals surface area (Å²) in [5, 5.41) is 3.01. The summed E-state index contributed by atoms with van der Waals surface area (Å²) in [5.74, 6) is -0.646. The minimum atomic E-state index is -0.525. The van der Waals surface area contributed by atoms with Crippen LogP contribution in [-0.2, 0) is 20.1 Å². The van der Waals surface area contributed by atoms with Crippen molar-refractivity contribution in [3.63, 3.8) is 0 Å². The number of thioether (sulfide) groups is 1. The zero-order valence-corrected chi connectivity index (χ0v) is 17.8. The van der Waals surface area contributed by atoms with E-state index in [-0.39, 0.29) is 24.3 Å². The number of rotatable bonds is 7. The van der Waals surface area contributed by atoms with Gasteiger partial charge in [-0.2, -0.15) is 0 Å². The van der Waals surface area contributed by atoms with Crippen LogP contribution in [0.5, 0.6) is 0 Å². The number of esters is 1. The van der Waals surface area contributed by atoms with E-state index in [4.69, 9.17) is 10.5 Å². The molecule has 1 saturated heterocycles. The third-order valence-corrected chi connectivity index (χ3v) is 6.66. The van der Waals surface area contributed by atoms with Crippen molar-refractivity contribution in [2.75, 3.05) is 19.7 Å². The van der Waals surface area contributed by atoms with Gasteiger partial charge in [-0.25, -0.2) is 9.78 Å². The summed E-state index contributed by atoms with van der Waals surface area (Å²) < 4.78 is 5.27. The molecule has 29 heavy (non-hydrogen) atoms. The molecule has 2 amide bonds. The number of nitrogens with two attached hydrogens (primary N) is 1. The number of piperidine rings is 1. The number of aromatic nitrogens is 1. The van der Waals surface area contributed by atoms with Gasteiger partial charge in [0.15, 0.2) is 6.61 Å². The first-order chi connectivity index (χ1) is 13.9. The van der Waals surface area contributed by atoms with Crippen LogP contribution in [0.1, 0.15) is 33.9 Å². The van der Waals surface area contributed by atoms with E-state index in [2.05, 4.69) is 4.98 Å². The predicted octanol–water partition coefficient (Wildman–Crippen LogP) is 2.62. The molecule has 0 bridgehead atoms. The Morgan fingerprint density at radius 2 is 2.00 bits per heavy atom. The third-order valence-electron chi connectivity index (χ3n) is 4.73. The highest BCUT2D eigenvalue weighted by Crippen LogP contribution is 2.27. The Morgan fingerprint density at radius 1 is 1.28 bits per heavy atom. The number of likely N-dealkylation sites (tertiary alicyclic amines) is 1. The van der Waals surface area contributed by atoms with E-state index in [0.717, 1.165) is 15.6 Å². The molecule has 0 spiro atoms. The minimum absolute atomic E-state index is 0.188. The number of benzene rings is 1. The van der Waals surface area contributed by atoms with Crippen molar-refractivity contribution in [2.45, 2.75) is 30.4 Å². The number of ether oxygens (including phenoxy) is 1. The standard InChI is InChI=1S/C20H23N3O4S2/c1-13-22-15(11-28-13)12-29-17-5-3-2-4-16(17)20(26)27-10-18(24)23-8-6-14(7-9-23)19(21)25/h2-5,11,14H,6-10,12H2,1H3,(H2,21,25). The van der Waals surface area contributed by atoms with Gasteiger partial charge in [-0.05, 0) is 31.9 Å². The lowest BCUT2D eigenvalue weighted by Crippen LogP contribution is -2.43. The van der Waals surface area contributed by atoms with E-state index in [1.165, 1.54) is 11.8 Å². The zero-order valence-electron chi connectivity index (χ0n) is 16.1. The first kappa shape index (κ1) is 21.3. The lowest BCUT2D eigenvalue weighted by atomic mass is 9.96. The van der Waals surface area contributed by atoms with Crippen LogP contribution in [0, 0.1) is 12.8 Å². The summed E-state index contributed by atoms with van der Waals surface area (Å²) >= 11 is 3.10. The number of carbonyl (C=O) groups is 3. The molecular formula is C20H23N3O4S2. The van der Waals surface area contributed by atoms with Gasteiger partial charge in [-0.3, -0.25) is 9.59 Å². The van der Waals surface area contributed by atoms with Crippen molar-refractivity contribution >= 4 is 40.9 Å². The molecule has 2 N–H and O–H groups in total. The first-order valence-corrected chi connectivity index (χ1v) is 11.2. The number of hydrogen-bond donors (Lipinski definition) is 1. The molecule has 2 heterocycles. The van der Waals surface area contributed by atoms with Crippen LogP contribution in [0.2, 0.25) is 0 Å². The van der Waals surface area contributed by atoms with Crippen molar-refractivity contribution in [1.29, 1.82) is 0 Å². The van der Waals surface area contributed by atoms with Gasteiger partial charge in [-0.1, -0.05) is 12.1 Å². The average Bonchev–Trinajstić information content (AvgIpc) is 3.15. The molecule has 0 unspecified atom stereocenters. The fraction of sp³-hybridized carbons (Fsp3) is 0.400. The predicted molar refractivity (Wildman–Crippen MR) is 112 cm³/mol. The van der Waals surface area contributed by atoms with Crippen LogP contribution in [0.4, 0.5) is 0 Å². The van der Waals surface area contributed by atoms with Crippen LogP contribution in [0.3, 0.4) is 0 Å². The average molecular weight is 434 g/mol. The number of thiazole rings is 1. The summed E-state index contributed by atoms with van der Waals surface area (Å²) in [6, 6.07) is 7.18. The summed E-state index contributed by atoms with van der Waals surface area (Å²) in [6.45, 7) is 2.54. The maximum Gasteiger partial charge on any atom is 0.339 e. The molecule has 3 rings (SSSR count). The SMILES string of the molecule is Cc1nc(CSc2ccccc2C(=O)OCC(=O)N2CCC(C(N)=O)CC2)cs1. The smallest absolute Gasteiger partial charge is 0.339 e. The van der Waals surface area contributed by atoms with E-state index in [1.54, 1.807) is 28.4 Å². The van der Waals surface area contributed by atoms with Crippen molar-refractivity contribution in [1.82, 2.24) is 9.88 Å². The van der Waals surface area contributed by atoms with Crippen LogP contribution in [0.15, 0.2) is 34.5 Å². The van der Waals surface area contributed by atoms with Gasteiger partial charge in [0, 0.05) is 35.0 Å². The molecule has 0 saturated carbocycles. The van der Waals surface area contributed by atoms with Gasteiger partial charge < -0.3 is 15.4 Å². The monoisotopic (exact) mass is 433 g/mol. The molecule has 1 aliphatic rings. The molecule has 2 aromatic rings. The number of amides is 2. The minimum Gasteiger partial charge on any atom is -0.452 e. The molecule has 1 aliphatic heterocycles. The third kappa shape index (κ3) is 5.80. The quantitative estimate of drug-likeness (QED) is 0.532. The molecule has 1 fully saturated rings. The van der Waals surface area contributed by atoms with E-state index < -0.39 is 5.97 Å². The Morgan fingerprint density at radius 3 is 2.66 bits per heavy atom. The lowest BCUT2D eigenvalue weighted by Gasteiger charge is -2.30. The molecular weight excluding hydrogens is 410 g/mol. The largest absolute Gasteiger partial charge is 0.452 e. The lowest BCUT2D eigenvalue weighted by molar-refractivity contribution is -0.137. The van der Waals surface area contributed by atoms with E-state index >= 15 is 0 Å². The van der Waals surface area contributed by atoms with Crippen molar-refractivity contribution in [2.24, 2.45) is 11.7 Å². The molecule has 0 aliphatic carbocycles. The molecule has 1 aromatic carbocycles. The molecule has 0 radical (unpaired) electrons. The van der Waals surface area contributed by atoms with E-state index in [9.17, 15) is 14.4 Å². The number of aryl methyl sites for hydroxylation is 1. The highest BCUT2D eigenvalue weighted by Gasteiger charge is 2.26. The zero-order chi connectivity index (χ0) is 20.8. The van der Waals surface area contributed by atoms with Gasteiger partial charge in [0.1, 0.15) is 0 Å². The van der Waals surface area contributed by atoms with Crippen LogP contribution >= 0.6 is 23.1 Å². The highest BCUT2D eigenvalue weighted by atomic mass is 32.2. The Hall–Kier alpha value is -2.39. The number of nitrogens with zero attached hydrogens (tertiary/aromatic N) is 2. The second-order valence-electron chi connectivity index (χ2n) is 6.78. The normalized spacial score (nSPS) is 14.6. The highest BCUT2D eigenvalue weighted by molar-refractivity contribution is 7.98. The number of primary amides is 1. The van der Waals surface area contributed by atoms with Gasteiger partial charge in [-0.15, -0.1) is 23.1 Å². The topological polar surface area (TPSA) is 103 Å². The van der Waals surface area contributed by atoms with Crippen LogP contribution in [-0.4, -0.2) is 47.4 Å². The van der Waals surface area contributed by atoms with Crippen LogP contribution in [0.25, 0.3) is 0 Å². The Balaban J connectivity index is 1.53. The fourth-order valence-corrected chi connectivity index (χ4v) is 4.75. The Bertz CT molecular complexity index is 891. The summed E-state index contributed by atoms with van der Waals surface area (Å²) in [5.41, 5.74) is 6.71. The maximum atomic E-state index is 12.5. The summed E-state index contributed by atoms with van der Waals surface area (Å²) in [4.78, 5) is 42.9. The molecule has 154 valence electrons. The van der Waals surface area contributed by atoms with Gasteiger partial charge in [0.25, 0.3) is 5.91 Å².